The minimum atomic E-state index is -1.19. The summed E-state index contributed by atoms with van der Waals surface area (Å²) in [4.78, 5) is 60.6. The number of nitrogens with two attached hydrogens (primary N) is 3. The molecule has 5 atom stereocenters. The van der Waals surface area contributed by atoms with Crippen LogP contribution in [0.3, 0.4) is 0 Å². The lowest BCUT2D eigenvalue weighted by atomic mass is 9.98. The zero-order valence-corrected chi connectivity index (χ0v) is 21.3. The van der Waals surface area contributed by atoms with Crippen molar-refractivity contribution in [3.63, 3.8) is 0 Å². The quantitative estimate of drug-likeness (QED) is 0.0491. The van der Waals surface area contributed by atoms with Crippen LogP contribution in [0, 0.1) is 5.92 Å². The summed E-state index contributed by atoms with van der Waals surface area (Å²) in [6.45, 7) is 3.70. The van der Waals surface area contributed by atoms with Gasteiger partial charge in [0, 0.05) is 30.6 Å². The molecule has 202 valence electrons. The Labute approximate surface area is 215 Å². The van der Waals surface area contributed by atoms with Crippen molar-refractivity contribution in [2.45, 2.75) is 63.7 Å². The molecule has 0 bridgehead atoms. The summed E-state index contributed by atoms with van der Waals surface area (Å²) in [5, 5.41) is 17.1. The monoisotopic (exact) mass is 527 g/mol. The molecule has 1 aromatic rings. The molecule has 0 saturated heterocycles. The molecule has 0 saturated carbocycles. The van der Waals surface area contributed by atoms with Gasteiger partial charge >= 0.3 is 5.97 Å². The highest BCUT2D eigenvalue weighted by Crippen LogP contribution is 2.09. The molecule has 0 spiro atoms. The number of nitrogens with zero attached hydrogens (tertiary/aromatic N) is 2. The topological polar surface area (TPSA) is 244 Å². The Hall–Kier alpha value is -3.33. The fourth-order valence-electron chi connectivity index (χ4n) is 3.18. The van der Waals surface area contributed by atoms with Crippen molar-refractivity contribution >= 4 is 42.3 Å². The van der Waals surface area contributed by atoms with Crippen LogP contribution in [0.2, 0.25) is 0 Å². The van der Waals surface area contributed by atoms with Crippen molar-refractivity contribution in [2.24, 2.45) is 28.1 Å². The number of nitrogens with one attached hydrogen (secondary N) is 4. The van der Waals surface area contributed by atoms with Crippen LogP contribution in [0.15, 0.2) is 17.5 Å². The lowest BCUT2D eigenvalue weighted by Crippen LogP contribution is -2.58. The first-order valence-electron chi connectivity index (χ1n) is 11.5. The molecular weight excluding hydrogens is 490 g/mol. The van der Waals surface area contributed by atoms with Crippen molar-refractivity contribution in [1.29, 1.82) is 0 Å². The Morgan fingerprint density at radius 1 is 1.14 bits per heavy atom. The predicted molar refractivity (Wildman–Crippen MR) is 137 cm³/mol. The number of hydrogen-bond acceptors (Lipinski definition) is 8. The van der Waals surface area contributed by atoms with E-state index in [0.717, 1.165) is 0 Å². The molecule has 36 heavy (non-hydrogen) atoms. The first kappa shape index (κ1) is 30.7. The van der Waals surface area contributed by atoms with E-state index in [1.54, 1.807) is 13.8 Å². The fraction of sp³-hybridized carbons (Fsp3) is 0.619. The Bertz CT molecular complexity index is 892. The van der Waals surface area contributed by atoms with Gasteiger partial charge in [-0.3, -0.25) is 19.4 Å². The van der Waals surface area contributed by atoms with Gasteiger partial charge in [-0.05, 0) is 18.8 Å². The van der Waals surface area contributed by atoms with Crippen LogP contribution >= 0.6 is 12.6 Å². The van der Waals surface area contributed by atoms with Crippen molar-refractivity contribution in [2.75, 3.05) is 12.3 Å². The number of carboxylic acid groups (broad SMARTS) is 1. The minimum Gasteiger partial charge on any atom is -0.480 e. The highest BCUT2D eigenvalue weighted by atomic mass is 32.1. The second kappa shape index (κ2) is 15.6. The zero-order valence-electron chi connectivity index (χ0n) is 20.4. The average molecular weight is 528 g/mol. The number of rotatable bonds is 16. The number of guanidine groups is 1. The van der Waals surface area contributed by atoms with Crippen LogP contribution < -0.4 is 33.2 Å². The Balaban J connectivity index is 2.90. The maximum Gasteiger partial charge on any atom is 0.326 e. The summed E-state index contributed by atoms with van der Waals surface area (Å²) >= 11 is 4.14. The number of aromatic amines is 1. The summed E-state index contributed by atoms with van der Waals surface area (Å²) in [6.07, 6.45) is 4.13. The van der Waals surface area contributed by atoms with E-state index >= 15 is 0 Å². The molecule has 0 fully saturated rings. The summed E-state index contributed by atoms with van der Waals surface area (Å²) in [6, 6.07) is -4.28. The third-order valence-corrected chi connectivity index (χ3v) is 5.87. The Morgan fingerprint density at radius 3 is 2.31 bits per heavy atom. The van der Waals surface area contributed by atoms with E-state index in [9.17, 15) is 24.3 Å². The molecule has 0 aromatic carbocycles. The number of carbonyl (C=O) groups is 4. The smallest absolute Gasteiger partial charge is 0.326 e. The van der Waals surface area contributed by atoms with Crippen LogP contribution in [-0.2, 0) is 25.6 Å². The molecule has 15 heteroatoms. The van der Waals surface area contributed by atoms with Crippen molar-refractivity contribution < 1.29 is 24.3 Å². The highest BCUT2D eigenvalue weighted by Gasteiger charge is 2.31. The number of carboxylic acids is 1. The number of aromatic nitrogens is 2. The van der Waals surface area contributed by atoms with Crippen molar-refractivity contribution in [3.05, 3.63) is 18.2 Å². The standard InChI is InChI=1S/C21H37N9O5S/c1-3-11(2)16(20(34)35)30-18(32)14(5-4-6-26-21(23)24)28-19(33)15(9-36)29-17(31)13(22)7-12-8-25-10-27-12/h8,10-11,13-16,36H,3-7,9,22H2,1-2H3,(H,25,27)(H,28,33)(H,29,31)(H,30,32)(H,34,35)(H4,23,24,26). The maximum absolute atomic E-state index is 13.0. The molecule has 1 heterocycles. The molecule has 0 aliphatic rings. The predicted octanol–water partition coefficient (Wildman–Crippen LogP) is -2.15. The van der Waals surface area contributed by atoms with Gasteiger partial charge in [-0.1, -0.05) is 20.3 Å². The van der Waals surface area contributed by atoms with Gasteiger partial charge < -0.3 is 43.2 Å². The van der Waals surface area contributed by atoms with Crippen LogP contribution in [0.1, 0.15) is 38.8 Å². The number of carbonyl (C=O) groups excluding carboxylic acids is 3. The first-order valence-corrected chi connectivity index (χ1v) is 12.2. The lowest BCUT2D eigenvalue weighted by molar-refractivity contribution is -0.143. The summed E-state index contributed by atoms with van der Waals surface area (Å²) in [5.41, 5.74) is 17.2. The molecule has 0 aliphatic carbocycles. The van der Waals surface area contributed by atoms with E-state index in [1.807, 2.05) is 0 Å². The van der Waals surface area contributed by atoms with Crippen molar-refractivity contribution in [3.8, 4) is 0 Å². The second-order valence-corrected chi connectivity index (χ2v) is 8.72. The molecule has 1 aromatic heterocycles. The minimum absolute atomic E-state index is 0.0681. The van der Waals surface area contributed by atoms with Crippen LogP contribution in [0.5, 0.6) is 0 Å². The Kier molecular flexibility index (Phi) is 13.3. The zero-order chi connectivity index (χ0) is 27.3. The van der Waals surface area contributed by atoms with Gasteiger partial charge in [0.1, 0.15) is 18.1 Å². The first-order chi connectivity index (χ1) is 17.0. The number of thiol groups is 1. The van der Waals surface area contributed by atoms with Gasteiger partial charge in [0.2, 0.25) is 17.7 Å². The fourth-order valence-corrected chi connectivity index (χ4v) is 3.44. The van der Waals surface area contributed by atoms with Gasteiger partial charge in [-0.2, -0.15) is 12.6 Å². The van der Waals surface area contributed by atoms with E-state index in [0.29, 0.717) is 18.5 Å². The molecule has 14 nitrogen and oxygen atoms in total. The number of aliphatic imine (C=N–C) groups is 1. The van der Waals surface area contributed by atoms with Crippen molar-refractivity contribution in [1.82, 2.24) is 25.9 Å². The molecular formula is C21H37N9O5S. The number of imidazole rings is 1. The van der Waals surface area contributed by atoms with Gasteiger partial charge in [0.25, 0.3) is 0 Å². The van der Waals surface area contributed by atoms with E-state index in [2.05, 4.69) is 43.5 Å². The lowest BCUT2D eigenvalue weighted by Gasteiger charge is -2.26. The maximum atomic E-state index is 13.0. The average Bonchev–Trinajstić information content (AvgIpc) is 3.34. The number of amides is 3. The molecule has 0 radical (unpaired) electrons. The van der Waals surface area contributed by atoms with Crippen LogP contribution in [-0.4, -0.2) is 81.2 Å². The molecule has 3 amide bonds. The van der Waals surface area contributed by atoms with E-state index in [1.165, 1.54) is 12.5 Å². The van der Waals surface area contributed by atoms with Crippen LogP contribution in [0.25, 0.3) is 0 Å². The number of aliphatic carboxylic acids is 1. The molecule has 0 aliphatic heterocycles. The third-order valence-electron chi connectivity index (χ3n) is 5.50. The largest absolute Gasteiger partial charge is 0.480 e. The summed E-state index contributed by atoms with van der Waals surface area (Å²) < 4.78 is 0. The SMILES string of the molecule is CCC(C)C(NC(=O)C(CCCN=C(N)N)NC(=O)C(CS)NC(=O)C(N)Cc1cnc[nH]1)C(=O)O. The highest BCUT2D eigenvalue weighted by molar-refractivity contribution is 7.80. The van der Waals surface area contributed by atoms with Gasteiger partial charge in [-0.15, -0.1) is 0 Å². The summed E-state index contributed by atoms with van der Waals surface area (Å²) in [5.74, 6) is -3.66. The number of H-pyrrole nitrogens is 1. The third kappa shape index (κ3) is 10.5. The van der Waals surface area contributed by atoms with E-state index < -0.39 is 47.9 Å². The number of hydrogen-bond donors (Lipinski definition) is 9. The van der Waals surface area contributed by atoms with Gasteiger partial charge in [0.05, 0.1) is 12.4 Å². The van der Waals surface area contributed by atoms with Crippen LogP contribution in [0.4, 0.5) is 0 Å². The van der Waals surface area contributed by atoms with E-state index in [-0.39, 0.29) is 37.0 Å². The van der Waals surface area contributed by atoms with Gasteiger partial charge in [0.15, 0.2) is 5.96 Å². The Morgan fingerprint density at radius 2 is 1.78 bits per heavy atom. The van der Waals surface area contributed by atoms with E-state index in [4.69, 9.17) is 17.2 Å². The normalized spacial score (nSPS) is 15.0. The molecule has 11 N–H and O–H groups in total. The second-order valence-electron chi connectivity index (χ2n) is 8.35. The van der Waals surface area contributed by atoms with Gasteiger partial charge in [-0.25, -0.2) is 9.78 Å². The molecule has 1 rings (SSSR count). The summed E-state index contributed by atoms with van der Waals surface area (Å²) in [7, 11) is 0. The molecule has 5 unspecified atom stereocenters.